The van der Waals surface area contributed by atoms with Crippen LogP contribution in [0.1, 0.15) is 52.0 Å². The van der Waals surface area contributed by atoms with E-state index in [0.717, 1.165) is 24.8 Å². The molecule has 1 nitrogen and oxygen atoms in total. The Morgan fingerprint density at radius 3 is 2.43 bits per heavy atom. The van der Waals surface area contributed by atoms with Gasteiger partial charge in [-0.25, -0.2) is 0 Å². The van der Waals surface area contributed by atoms with Crippen molar-refractivity contribution in [3.63, 3.8) is 0 Å². The molecule has 112 valence electrons. The van der Waals surface area contributed by atoms with E-state index in [1.807, 2.05) is 0 Å². The fourth-order valence-electron chi connectivity index (χ4n) is 4.11. The van der Waals surface area contributed by atoms with Crippen LogP contribution < -0.4 is 0 Å². The quantitative estimate of drug-likeness (QED) is 0.756. The van der Waals surface area contributed by atoms with E-state index in [0.29, 0.717) is 5.92 Å². The lowest BCUT2D eigenvalue weighted by molar-refractivity contribution is -0.0958. The van der Waals surface area contributed by atoms with Gasteiger partial charge >= 0.3 is 0 Å². The highest BCUT2D eigenvalue weighted by Crippen LogP contribution is 2.49. The molecule has 0 saturated heterocycles. The second kappa shape index (κ2) is 5.14. The molecular formula is C20H26O. The normalized spacial score (nSPS) is 27.0. The van der Waals surface area contributed by atoms with Gasteiger partial charge in [0, 0.05) is 0 Å². The van der Waals surface area contributed by atoms with Gasteiger partial charge in [0.05, 0.1) is 5.60 Å². The first-order valence-corrected chi connectivity index (χ1v) is 8.13. The minimum absolute atomic E-state index is 0.126. The molecule has 1 saturated carbocycles. The highest BCUT2D eigenvalue weighted by molar-refractivity contribution is 5.83. The van der Waals surface area contributed by atoms with E-state index in [2.05, 4.69) is 63.2 Å². The van der Waals surface area contributed by atoms with Gasteiger partial charge in [0.25, 0.3) is 0 Å². The minimum atomic E-state index is -0.680. The molecule has 0 aliphatic heterocycles. The van der Waals surface area contributed by atoms with E-state index >= 15 is 0 Å². The third kappa shape index (κ3) is 2.60. The molecule has 0 aromatic heterocycles. The summed E-state index contributed by atoms with van der Waals surface area (Å²) in [6.45, 7) is 6.78. The van der Waals surface area contributed by atoms with Crippen molar-refractivity contribution >= 4 is 10.8 Å². The first-order chi connectivity index (χ1) is 9.91. The molecule has 2 atom stereocenters. The Hall–Kier alpha value is -1.34. The highest BCUT2D eigenvalue weighted by Gasteiger charge is 2.45. The number of aliphatic hydroxyl groups is 1. The van der Waals surface area contributed by atoms with Gasteiger partial charge < -0.3 is 5.11 Å². The van der Waals surface area contributed by atoms with Crippen LogP contribution in [-0.4, -0.2) is 5.11 Å². The summed E-state index contributed by atoms with van der Waals surface area (Å²) in [7, 11) is 0. The molecule has 1 heteroatoms. The summed E-state index contributed by atoms with van der Waals surface area (Å²) in [6, 6.07) is 14.9. The number of fused-ring (bicyclic) bond motifs is 1. The first-order valence-electron chi connectivity index (χ1n) is 8.13. The predicted octanol–water partition coefficient (Wildman–Crippen LogP) is 5.26. The van der Waals surface area contributed by atoms with Crippen LogP contribution in [0.3, 0.4) is 0 Å². The number of hydrogen-bond acceptors (Lipinski definition) is 1. The molecule has 0 spiro atoms. The maximum atomic E-state index is 11.5. The molecule has 2 unspecified atom stereocenters. The molecule has 21 heavy (non-hydrogen) atoms. The van der Waals surface area contributed by atoms with Crippen LogP contribution in [0.2, 0.25) is 0 Å². The van der Waals surface area contributed by atoms with Crippen LogP contribution in [0.4, 0.5) is 0 Å². The summed E-state index contributed by atoms with van der Waals surface area (Å²) in [6.07, 6.45) is 4.35. The van der Waals surface area contributed by atoms with Crippen molar-refractivity contribution in [2.24, 2.45) is 11.3 Å². The van der Waals surface area contributed by atoms with E-state index in [4.69, 9.17) is 0 Å². The van der Waals surface area contributed by atoms with Gasteiger partial charge in [-0.1, -0.05) is 70.0 Å². The Balaban J connectivity index is 2.08. The van der Waals surface area contributed by atoms with Crippen LogP contribution in [0.5, 0.6) is 0 Å². The van der Waals surface area contributed by atoms with E-state index < -0.39 is 5.60 Å². The predicted molar refractivity (Wildman–Crippen MR) is 89.3 cm³/mol. The summed E-state index contributed by atoms with van der Waals surface area (Å²) in [5, 5.41) is 14.0. The largest absolute Gasteiger partial charge is 0.385 e. The number of benzene rings is 2. The molecule has 1 N–H and O–H groups in total. The first kappa shape index (κ1) is 14.6. The minimum Gasteiger partial charge on any atom is -0.385 e. The molecule has 0 bridgehead atoms. The maximum Gasteiger partial charge on any atom is 0.0929 e. The van der Waals surface area contributed by atoms with Crippen molar-refractivity contribution in [2.45, 2.75) is 52.1 Å². The standard InChI is InChI=1S/C20H26O/c1-19(2,3)18-10-6-7-13-20(18,21)17-12-11-15-8-4-5-9-16(15)14-17/h4-5,8-9,11-12,14,18,21H,6-7,10,13H2,1-3H3. The maximum absolute atomic E-state index is 11.5. The lowest BCUT2D eigenvalue weighted by atomic mass is 9.61. The van der Waals surface area contributed by atoms with Gasteiger partial charge in [-0.3, -0.25) is 0 Å². The third-order valence-corrected chi connectivity index (χ3v) is 5.17. The van der Waals surface area contributed by atoms with Gasteiger partial charge in [0.15, 0.2) is 0 Å². The fourth-order valence-corrected chi connectivity index (χ4v) is 4.11. The second-order valence-electron chi connectivity index (χ2n) is 7.65. The summed E-state index contributed by atoms with van der Waals surface area (Å²) < 4.78 is 0. The van der Waals surface area contributed by atoms with Crippen molar-refractivity contribution in [3.05, 3.63) is 48.0 Å². The number of hydrogen-bond donors (Lipinski definition) is 1. The molecule has 1 aliphatic carbocycles. The van der Waals surface area contributed by atoms with E-state index in [1.54, 1.807) is 0 Å². The zero-order valence-corrected chi connectivity index (χ0v) is 13.4. The van der Waals surface area contributed by atoms with E-state index in [-0.39, 0.29) is 5.41 Å². The van der Waals surface area contributed by atoms with Crippen molar-refractivity contribution in [3.8, 4) is 0 Å². The average molecular weight is 282 g/mol. The van der Waals surface area contributed by atoms with Crippen molar-refractivity contribution in [2.75, 3.05) is 0 Å². The van der Waals surface area contributed by atoms with E-state index in [1.165, 1.54) is 17.2 Å². The Morgan fingerprint density at radius 1 is 1.00 bits per heavy atom. The summed E-state index contributed by atoms with van der Waals surface area (Å²) >= 11 is 0. The summed E-state index contributed by atoms with van der Waals surface area (Å²) in [5.74, 6) is 0.319. The van der Waals surface area contributed by atoms with Gasteiger partial charge in [0.1, 0.15) is 0 Å². The summed E-state index contributed by atoms with van der Waals surface area (Å²) in [4.78, 5) is 0. The molecular weight excluding hydrogens is 256 g/mol. The Morgan fingerprint density at radius 2 is 1.71 bits per heavy atom. The Kier molecular flexibility index (Phi) is 3.57. The summed E-state index contributed by atoms with van der Waals surface area (Å²) in [5.41, 5.74) is 0.544. The molecule has 1 fully saturated rings. The van der Waals surface area contributed by atoms with E-state index in [9.17, 15) is 5.11 Å². The van der Waals surface area contributed by atoms with Crippen molar-refractivity contribution in [1.29, 1.82) is 0 Å². The van der Waals surface area contributed by atoms with Crippen LogP contribution in [0, 0.1) is 11.3 Å². The molecule has 1 aliphatic rings. The second-order valence-corrected chi connectivity index (χ2v) is 7.65. The Bertz CT molecular complexity index is 638. The topological polar surface area (TPSA) is 20.2 Å². The molecule has 0 heterocycles. The van der Waals surface area contributed by atoms with Crippen LogP contribution in [0.15, 0.2) is 42.5 Å². The lowest BCUT2D eigenvalue weighted by Crippen LogP contribution is -2.44. The third-order valence-electron chi connectivity index (χ3n) is 5.17. The lowest BCUT2D eigenvalue weighted by Gasteiger charge is -2.47. The Labute approximate surface area is 128 Å². The fraction of sp³-hybridized carbons (Fsp3) is 0.500. The average Bonchev–Trinajstić information content (AvgIpc) is 2.46. The molecule has 2 aromatic rings. The SMILES string of the molecule is CC(C)(C)C1CCCCC1(O)c1ccc2ccccc2c1. The van der Waals surface area contributed by atoms with Crippen LogP contribution in [-0.2, 0) is 5.60 Å². The molecule has 3 rings (SSSR count). The smallest absolute Gasteiger partial charge is 0.0929 e. The van der Waals surface area contributed by atoms with Gasteiger partial charge in [0.2, 0.25) is 0 Å². The molecule has 0 radical (unpaired) electrons. The number of rotatable bonds is 1. The van der Waals surface area contributed by atoms with Crippen LogP contribution in [0.25, 0.3) is 10.8 Å². The van der Waals surface area contributed by atoms with Gasteiger partial charge in [-0.05, 0) is 46.6 Å². The van der Waals surface area contributed by atoms with Crippen molar-refractivity contribution < 1.29 is 5.11 Å². The monoisotopic (exact) mass is 282 g/mol. The van der Waals surface area contributed by atoms with Gasteiger partial charge in [-0.2, -0.15) is 0 Å². The zero-order chi connectivity index (χ0) is 15.1. The van der Waals surface area contributed by atoms with Crippen LogP contribution >= 0.6 is 0 Å². The molecule has 0 amide bonds. The van der Waals surface area contributed by atoms with Gasteiger partial charge in [-0.15, -0.1) is 0 Å². The highest BCUT2D eigenvalue weighted by atomic mass is 16.3. The molecule has 2 aromatic carbocycles. The zero-order valence-electron chi connectivity index (χ0n) is 13.4. The van der Waals surface area contributed by atoms with Crippen molar-refractivity contribution in [1.82, 2.24) is 0 Å².